The standard InChI is InChI=1S/C12H17NO3/c1-8-5-11(13(3)4)12(16-9(2)15)6-10(8)7-14/h5-6,14H,7H2,1-4H3. The molecule has 0 radical (unpaired) electrons. The van der Waals surface area contributed by atoms with Gasteiger partial charge in [0, 0.05) is 21.0 Å². The summed E-state index contributed by atoms with van der Waals surface area (Å²) in [6, 6.07) is 3.59. The van der Waals surface area contributed by atoms with E-state index in [-0.39, 0.29) is 12.6 Å². The van der Waals surface area contributed by atoms with E-state index in [4.69, 9.17) is 9.84 Å². The summed E-state index contributed by atoms with van der Waals surface area (Å²) in [7, 11) is 3.75. The van der Waals surface area contributed by atoms with Gasteiger partial charge in [0.1, 0.15) is 0 Å². The molecular weight excluding hydrogens is 206 g/mol. The molecule has 0 aliphatic carbocycles. The lowest BCUT2D eigenvalue weighted by molar-refractivity contribution is -0.131. The summed E-state index contributed by atoms with van der Waals surface area (Å²) >= 11 is 0. The molecule has 16 heavy (non-hydrogen) atoms. The van der Waals surface area contributed by atoms with Gasteiger partial charge in [0.2, 0.25) is 0 Å². The zero-order valence-electron chi connectivity index (χ0n) is 10.1. The van der Waals surface area contributed by atoms with Gasteiger partial charge in [0.05, 0.1) is 12.3 Å². The van der Waals surface area contributed by atoms with Gasteiger partial charge >= 0.3 is 5.97 Å². The van der Waals surface area contributed by atoms with Crippen LogP contribution in [0.3, 0.4) is 0 Å². The lowest BCUT2D eigenvalue weighted by Gasteiger charge is -2.18. The second-order valence-electron chi connectivity index (χ2n) is 3.89. The van der Waals surface area contributed by atoms with E-state index < -0.39 is 0 Å². The molecule has 1 N–H and O–H groups in total. The Morgan fingerprint density at radius 3 is 2.50 bits per heavy atom. The fourth-order valence-corrected chi connectivity index (χ4v) is 1.47. The van der Waals surface area contributed by atoms with Crippen LogP contribution in [-0.4, -0.2) is 25.2 Å². The summed E-state index contributed by atoms with van der Waals surface area (Å²) < 4.78 is 5.11. The Balaban J connectivity index is 3.24. The molecular formula is C12H17NO3. The molecule has 4 nitrogen and oxygen atoms in total. The summed E-state index contributed by atoms with van der Waals surface area (Å²) in [6.45, 7) is 3.21. The van der Waals surface area contributed by atoms with Crippen molar-refractivity contribution >= 4 is 11.7 Å². The first-order chi connectivity index (χ1) is 7.45. The zero-order valence-corrected chi connectivity index (χ0v) is 10.1. The second-order valence-corrected chi connectivity index (χ2v) is 3.89. The monoisotopic (exact) mass is 223 g/mol. The van der Waals surface area contributed by atoms with Crippen molar-refractivity contribution in [3.8, 4) is 5.75 Å². The molecule has 1 aromatic rings. The number of hydrogen-bond donors (Lipinski definition) is 1. The van der Waals surface area contributed by atoms with Gasteiger partial charge in [-0.1, -0.05) is 0 Å². The van der Waals surface area contributed by atoms with Crippen LogP contribution in [0.5, 0.6) is 5.75 Å². The number of hydrogen-bond acceptors (Lipinski definition) is 4. The Morgan fingerprint density at radius 2 is 2.06 bits per heavy atom. The Kier molecular flexibility index (Phi) is 3.90. The summed E-state index contributed by atoms with van der Waals surface area (Å²) in [5, 5.41) is 9.15. The van der Waals surface area contributed by atoms with Gasteiger partial charge in [0.15, 0.2) is 5.75 Å². The van der Waals surface area contributed by atoms with Crippen LogP contribution in [0.2, 0.25) is 0 Å². The number of aliphatic hydroxyl groups excluding tert-OH is 1. The highest BCUT2D eigenvalue weighted by Crippen LogP contribution is 2.30. The maximum Gasteiger partial charge on any atom is 0.308 e. The first-order valence-corrected chi connectivity index (χ1v) is 5.05. The van der Waals surface area contributed by atoms with Crippen molar-refractivity contribution in [2.24, 2.45) is 0 Å². The molecule has 0 atom stereocenters. The fourth-order valence-electron chi connectivity index (χ4n) is 1.47. The molecule has 0 saturated carbocycles. The minimum absolute atomic E-state index is 0.0617. The molecule has 1 rings (SSSR count). The van der Waals surface area contributed by atoms with Crippen LogP contribution in [0.15, 0.2) is 12.1 Å². The van der Waals surface area contributed by atoms with Crippen LogP contribution in [0, 0.1) is 6.92 Å². The summed E-state index contributed by atoms with van der Waals surface area (Å²) in [4.78, 5) is 12.8. The van der Waals surface area contributed by atoms with Crippen LogP contribution in [0.1, 0.15) is 18.1 Å². The van der Waals surface area contributed by atoms with Crippen molar-refractivity contribution in [3.63, 3.8) is 0 Å². The normalized spacial score (nSPS) is 10.1. The third-order valence-corrected chi connectivity index (χ3v) is 2.32. The van der Waals surface area contributed by atoms with Gasteiger partial charge in [-0.15, -0.1) is 0 Å². The van der Waals surface area contributed by atoms with E-state index in [1.807, 2.05) is 32.0 Å². The van der Waals surface area contributed by atoms with Gasteiger partial charge in [-0.3, -0.25) is 4.79 Å². The zero-order chi connectivity index (χ0) is 12.3. The van der Waals surface area contributed by atoms with Gasteiger partial charge in [0.25, 0.3) is 0 Å². The van der Waals surface area contributed by atoms with E-state index in [9.17, 15) is 4.79 Å². The van der Waals surface area contributed by atoms with Gasteiger partial charge in [-0.25, -0.2) is 0 Å². The van der Waals surface area contributed by atoms with Crippen LogP contribution < -0.4 is 9.64 Å². The van der Waals surface area contributed by atoms with Crippen molar-refractivity contribution < 1.29 is 14.6 Å². The average molecular weight is 223 g/mol. The molecule has 0 unspecified atom stereocenters. The third kappa shape index (κ3) is 2.73. The van der Waals surface area contributed by atoms with E-state index >= 15 is 0 Å². The number of benzene rings is 1. The van der Waals surface area contributed by atoms with E-state index in [1.54, 1.807) is 6.07 Å². The number of esters is 1. The molecule has 0 saturated heterocycles. The highest BCUT2D eigenvalue weighted by atomic mass is 16.5. The summed E-state index contributed by atoms with van der Waals surface area (Å²) in [5.74, 6) is 0.114. The molecule has 0 aromatic heterocycles. The topological polar surface area (TPSA) is 49.8 Å². The van der Waals surface area contributed by atoms with Crippen LogP contribution in [0.4, 0.5) is 5.69 Å². The molecule has 0 bridgehead atoms. The number of rotatable bonds is 3. The number of nitrogens with zero attached hydrogens (tertiary/aromatic N) is 1. The molecule has 4 heteroatoms. The SMILES string of the molecule is CC(=O)Oc1cc(CO)c(C)cc1N(C)C. The van der Waals surface area contributed by atoms with Crippen molar-refractivity contribution in [1.29, 1.82) is 0 Å². The predicted octanol–water partition coefficient (Wildman–Crippen LogP) is 1.48. The molecule has 0 aliphatic heterocycles. The smallest absolute Gasteiger partial charge is 0.308 e. The van der Waals surface area contributed by atoms with Crippen molar-refractivity contribution in [2.45, 2.75) is 20.5 Å². The average Bonchev–Trinajstić information content (AvgIpc) is 2.19. The van der Waals surface area contributed by atoms with Crippen LogP contribution in [-0.2, 0) is 11.4 Å². The van der Waals surface area contributed by atoms with Gasteiger partial charge < -0.3 is 14.7 Å². The quantitative estimate of drug-likeness (QED) is 0.623. The highest BCUT2D eigenvalue weighted by Gasteiger charge is 2.11. The van der Waals surface area contributed by atoms with Crippen LogP contribution >= 0.6 is 0 Å². The number of aryl methyl sites for hydroxylation is 1. The minimum atomic E-state index is -0.365. The molecule has 88 valence electrons. The van der Waals surface area contributed by atoms with E-state index in [0.717, 1.165) is 16.8 Å². The summed E-state index contributed by atoms with van der Waals surface area (Å²) in [6.07, 6.45) is 0. The summed E-state index contributed by atoms with van der Waals surface area (Å²) in [5.41, 5.74) is 2.56. The Morgan fingerprint density at radius 1 is 1.44 bits per heavy atom. The van der Waals surface area contributed by atoms with Crippen molar-refractivity contribution in [2.75, 3.05) is 19.0 Å². The molecule has 0 aliphatic rings. The van der Waals surface area contributed by atoms with Gasteiger partial charge in [-0.05, 0) is 30.2 Å². The van der Waals surface area contributed by atoms with E-state index in [1.165, 1.54) is 6.92 Å². The highest BCUT2D eigenvalue weighted by molar-refractivity contribution is 5.73. The number of carbonyl (C=O) groups excluding carboxylic acids is 1. The molecule has 0 heterocycles. The Bertz CT molecular complexity index is 399. The Hall–Kier alpha value is -1.55. The lowest BCUT2D eigenvalue weighted by atomic mass is 10.1. The number of ether oxygens (including phenoxy) is 1. The van der Waals surface area contributed by atoms with Gasteiger partial charge in [-0.2, -0.15) is 0 Å². The van der Waals surface area contributed by atoms with Crippen molar-refractivity contribution in [3.05, 3.63) is 23.3 Å². The number of aliphatic hydroxyl groups is 1. The van der Waals surface area contributed by atoms with E-state index in [2.05, 4.69) is 0 Å². The molecule has 0 fully saturated rings. The second kappa shape index (κ2) is 4.99. The lowest BCUT2D eigenvalue weighted by Crippen LogP contribution is -2.13. The first kappa shape index (κ1) is 12.5. The number of carbonyl (C=O) groups is 1. The molecule has 0 spiro atoms. The minimum Gasteiger partial charge on any atom is -0.424 e. The van der Waals surface area contributed by atoms with Crippen LogP contribution in [0.25, 0.3) is 0 Å². The maximum atomic E-state index is 11.0. The molecule has 0 amide bonds. The maximum absolute atomic E-state index is 11.0. The fraction of sp³-hybridized carbons (Fsp3) is 0.417. The van der Waals surface area contributed by atoms with Crippen molar-refractivity contribution in [1.82, 2.24) is 0 Å². The first-order valence-electron chi connectivity index (χ1n) is 5.05. The molecule has 1 aromatic carbocycles. The predicted molar refractivity (Wildman–Crippen MR) is 62.7 cm³/mol. The van der Waals surface area contributed by atoms with E-state index in [0.29, 0.717) is 5.75 Å². The third-order valence-electron chi connectivity index (χ3n) is 2.32. The Labute approximate surface area is 95.5 Å². The largest absolute Gasteiger partial charge is 0.424 e. The number of anilines is 1.